The van der Waals surface area contributed by atoms with E-state index in [-0.39, 0.29) is 19.6 Å². The molecular formula is C28H40N4O8. The summed E-state index contributed by atoms with van der Waals surface area (Å²) in [5, 5.41) is 19.8. The molecule has 0 spiro atoms. The Morgan fingerprint density at radius 2 is 1.10 bits per heavy atom. The van der Waals surface area contributed by atoms with Crippen LogP contribution in [0.1, 0.15) is 49.7 Å². The largest absolute Gasteiger partial charge is 0.480 e. The third-order valence-corrected chi connectivity index (χ3v) is 5.62. The molecule has 1 amide bonds. The van der Waals surface area contributed by atoms with E-state index in [4.69, 9.17) is 36.9 Å². The quantitative estimate of drug-likeness (QED) is 0.129. The van der Waals surface area contributed by atoms with Crippen molar-refractivity contribution in [2.75, 3.05) is 6.54 Å². The first-order chi connectivity index (χ1) is 19.1. The molecule has 220 valence electrons. The summed E-state index contributed by atoms with van der Waals surface area (Å²) in [5.74, 6) is -2.54. The average molecular weight is 561 g/mol. The van der Waals surface area contributed by atoms with Gasteiger partial charge in [-0.2, -0.15) is 0 Å². The number of nitrogens with one attached hydrogen (secondary N) is 1. The number of carboxylic acids is 2. The minimum atomic E-state index is -1.05. The van der Waals surface area contributed by atoms with Gasteiger partial charge in [0.2, 0.25) is 0 Å². The first-order valence-electron chi connectivity index (χ1n) is 13.0. The number of nitrogens with two attached hydrogens (primary N) is 3. The maximum Gasteiger partial charge on any atom is 0.407 e. The molecule has 0 aromatic heterocycles. The van der Waals surface area contributed by atoms with Crippen molar-refractivity contribution in [3.63, 3.8) is 0 Å². The SMILES string of the molecule is NC(CCC[C@@H](N)C(=O)O)C(=O)OCc1ccccc1.N[C@H](CCCCNC(=O)OCc1ccccc1)C(=O)O. The van der Waals surface area contributed by atoms with E-state index in [2.05, 4.69) is 5.32 Å². The number of ether oxygens (including phenoxy) is 2. The fourth-order valence-corrected chi connectivity index (χ4v) is 3.21. The summed E-state index contributed by atoms with van der Waals surface area (Å²) in [6, 6.07) is 16.2. The molecule has 3 atom stereocenters. The third-order valence-electron chi connectivity index (χ3n) is 5.62. The molecule has 0 aliphatic heterocycles. The van der Waals surface area contributed by atoms with E-state index in [9.17, 15) is 19.2 Å². The van der Waals surface area contributed by atoms with Crippen molar-refractivity contribution in [3.05, 3.63) is 71.8 Å². The molecule has 0 heterocycles. The molecule has 40 heavy (non-hydrogen) atoms. The van der Waals surface area contributed by atoms with Crippen LogP contribution in [0.4, 0.5) is 4.79 Å². The Morgan fingerprint density at radius 1 is 0.650 bits per heavy atom. The molecule has 1 unspecified atom stereocenters. The van der Waals surface area contributed by atoms with Crippen molar-refractivity contribution in [1.29, 1.82) is 0 Å². The lowest BCUT2D eigenvalue weighted by Gasteiger charge is -2.12. The number of unbranched alkanes of at least 4 members (excludes halogenated alkanes) is 1. The zero-order chi connectivity index (χ0) is 29.8. The van der Waals surface area contributed by atoms with Gasteiger partial charge >= 0.3 is 24.0 Å². The lowest BCUT2D eigenvalue weighted by molar-refractivity contribution is -0.146. The molecule has 0 saturated carbocycles. The number of carbonyl (C=O) groups is 4. The van der Waals surface area contributed by atoms with Gasteiger partial charge in [0.05, 0.1) is 0 Å². The highest BCUT2D eigenvalue weighted by atomic mass is 16.5. The topological polar surface area (TPSA) is 217 Å². The molecule has 0 aliphatic carbocycles. The molecule has 2 aromatic carbocycles. The van der Waals surface area contributed by atoms with Gasteiger partial charge in [-0.15, -0.1) is 0 Å². The van der Waals surface area contributed by atoms with E-state index < -0.39 is 42.1 Å². The molecule has 0 fully saturated rings. The van der Waals surface area contributed by atoms with Gasteiger partial charge in [-0.3, -0.25) is 14.4 Å². The van der Waals surface area contributed by atoms with Crippen LogP contribution >= 0.6 is 0 Å². The second-order valence-electron chi connectivity index (χ2n) is 9.00. The van der Waals surface area contributed by atoms with Crippen LogP contribution in [-0.2, 0) is 37.1 Å². The van der Waals surface area contributed by atoms with Gasteiger partial charge in [0, 0.05) is 6.54 Å². The molecule has 12 heteroatoms. The molecule has 2 aromatic rings. The zero-order valence-electron chi connectivity index (χ0n) is 22.4. The highest BCUT2D eigenvalue weighted by Crippen LogP contribution is 2.06. The zero-order valence-corrected chi connectivity index (χ0v) is 22.4. The highest BCUT2D eigenvalue weighted by molar-refractivity contribution is 5.75. The lowest BCUT2D eigenvalue weighted by Crippen LogP contribution is -2.34. The molecule has 0 aliphatic rings. The Kier molecular flexibility index (Phi) is 17.0. The van der Waals surface area contributed by atoms with Gasteiger partial charge in [0.1, 0.15) is 31.3 Å². The minimum Gasteiger partial charge on any atom is -0.480 e. The summed E-state index contributed by atoms with van der Waals surface area (Å²) >= 11 is 0. The Bertz CT molecular complexity index is 1020. The van der Waals surface area contributed by atoms with Crippen LogP contribution < -0.4 is 22.5 Å². The van der Waals surface area contributed by atoms with E-state index in [0.717, 1.165) is 11.1 Å². The number of hydrogen-bond acceptors (Lipinski definition) is 9. The number of amides is 1. The monoisotopic (exact) mass is 560 g/mol. The van der Waals surface area contributed by atoms with Gasteiger partial charge in [0.25, 0.3) is 0 Å². The van der Waals surface area contributed by atoms with Crippen molar-refractivity contribution in [3.8, 4) is 0 Å². The maximum absolute atomic E-state index is 11.6. The van der Waals surface area contributed by atoms with E-state index in [0.29, 0.717) is 38.6 Å². The van der Waals surface area contributed by atoms with E-state index in [1.54, 1.807) is 0 Å². The average Bonchev–Trinajstić information content (AvgIpc) is 2.95. The number of rotatable bonds is 16. The van der Waals surface area contributed by atoms with Crippen molar-refractivity contribution >= 4 is 24.0 Å². The Hall–Kier alpha value is -4.00. The van der Waals surface area contributed by atoms with E-state index in [1.165, 1.54) is 0 Å². The summed E-state index contributed by atoms with van der Waals surface area (Å²) in [5.41, 5.74) is 18.2. The Morgan fingerprint density at radius 3 is 1.60 bits per heavy atom. The third kappa shape index (κ3) is 16.1. The van der Waals surface area contributed by atoms with Crippen LogP contribution in [0.25, 0.3) is 0 Å². The molecule has 2 rings (SSSR count). The van der Waals surface area contributed by atoms with Gasteiger partial charge in [-0.1, -0.05) is 60.7 Å². The lowest BCUT2D eigenvalue weighted by atomic mass is 10.1. The Balaban J connectivity index is 0.000000400. The van der Waals surface area contributed by atoms with Crippen LogP contribution in [0.15, 0.2) is 60.7 Å². The first kappa shape index (κ1) is 34.0. The predicted octanol–water partition coefficient (Wildman–Crippen LogP) is 2.13. The van der Waals surface area contributed by atoms with Crippen molar-refractivity contribution in [1.82, 2.24) is 5.32 Å². The first-order valence-corrected chi connectivity index (χ1v) is 13.0. The molecule has 0 bridgehead atoms. The fourth-order valence-electron chi connectivity index (χ4n) is 3.21. The molecule has 0 saturated heterocycles. The molecule has 0 radical (unpaired) electrons. The number of hydrogen-bond donors (Lipinski definition) is 6. The minimum absolute atomic E-state index is 0.183. The van der Waals surface area contributed by atoms with E-state index in [1.807, 2.05) is 60.7 Å². The van der Waals surface area contributed by atoms with Gasteiger partial charge < -0.3 is 42.2 Å². The van der Waals surface area contributed by atoms with Crippen molar-refractivity contribution in [2.24, 2.45) is 17.2 Å². The van der Waals surface area contributed by atoms with Crippen LogP contribution in [0.2, 0.25) is 0 Å². The molecule has 9 N–H and O–H groups in total. The van der Waals surface area contributed by atoms with E-state index >= 15 is 0 Å². The number of aliphatic carboxylic acids is 2. The normalized spacial score (nSPS) is 12.6. The number of carboxylic acid groups (broad SMARTS) is 2. The smallest absolute Gasteiger partial charge is 0.407 e. The Labute approximate surface area is 233 Å². The molecular weight excluding hydrogens is 520 g/mol. The highest BCUT2D eigenvalue weighted by Gasteiger charge is 2.17. The molecule has 12 nitrogen and oxygen atoms in total. The summed E-state index contributed by atoms with van der Waals surface area (Å²) in [4.78, 5) is 44.0. The van der Waals surface area contributed by atoms with Crippen molar-refractivity contribution in [2.45, 2.75) is 69.9 Å². The summed E-state index contributed by atoms with van der Waals surface area (Å²) in [7, 11) is 0. The number of benzene rings is 2. The van der Waals surface area contributed by atoms with Crippen LogP contribution in [0, 0.1) is 0 Å². The van der Waals surface area contributed by atoms with Crippen LogP contribution in [0.5, 0.6) is 0 Å². The summed E-state index contributed by atoms with van der Waals surface area (Å²) < 4.78 is 10.1. The number of alkyl carbamates (subject to hydrolysis) is 1. The maximum atomic E-state index is 11.6. The summed E-state index contributed by atoms with van der Waals surface area (Å²) in [6.07, 6.45) is 2.35. The van der Waals surface area contributed by atoms with Crippen molar-refractivity contribution < 1.29 is 38.9 Å². The number of carbonyl (C=O) groups excluding carboxylic acids is 2. The van der Waals surface area contributed by atoms with Crippen LogP contribution in [-0.4, -0.2) is 58.9 Å². The predicted molar refractivity (Wildman–Crippen MR) is 148 cm³/mol. The fraction of sp³-hybridized carbons (Fsp3) is 0.429. The van der Waals surface area contributed by atoms with Gasteiger partial charge in [-0.25, -0.2) is 4.79 Å². The second kappa shape index (κ2) is 20.0. The standard InChI is InChI=1S/2C14H20N2O4/c15-12(13(17)18)8-4-5-9-16-14(19)20-10-11-6-2-1-3-7-11;15-11(13(17)18)7-4-8-12(16)14(19)20-9-10-5-2-1-3-6-10/h1-3,6-7,12H,4-5,8-10,15H2,(H,16,19)(H,17,18);1-3,5-6,11-12H,4,7-9,15-16H2,(H,17,18)/t12-;11-,12?/m11/s1. The van der Waals surface area contributed by atoms with Gasteiger partial charge in [-0.05, 0) is 49.7 Å². The second-order valence-corrected chi connectivity index (χ2v) is 9.00. The van der Waals surface area contributed by atoms with Crippen LogP contribution in [0.3, 0.4) is 0 Å². The van der Waals surface area contributed by atoms with Gasteiger partial charge in [0.15, 0.2) is 0 Å². The number of esters is 1. The summed E-state index contributed by atoms with van der Waals surface area (Å²) in [6.45, 7) is 0.860.